The van der Waals surface area contributed by atoms with Crippen molar-refractivity contribution in [1.82, 2.24) is 20.9 Å². The van der Waals surface area contributed by atoms with E-state index in [4.69, 9.17) is 11.5 Å². The van der Waals surface area contributed by atoms with Gasteiger partial charge in [-0.05, 0) is 29.4 Å². The molecule has 0 aliphatic heterocycles. The Morgan fingerprint density at radius 1 is 0.889 bits per heavy atom. The molecule has 5 amide bonds. The molecule has 1 unspecified atom stereocenters. The van der Waals surface area contributed by atoms with E-state index >= 15 is 0 Å². The van der Waals surface area contributed by atoms with Gasteiger partial charge in [-0.1, -0.05) is 62.4 Å². The summed E-state index contributed by atoms with van der Waals surface area (Å²) in [6.45, 7) is 3.54. The number of amides is 5. The Morgan fingerprint density at radius 3 is 2.16 bits per heavy atom. The molecule has 2 aromatic carbocycles. The molecule has 0 saturated heterocycles. The number of para-hydroxylation sites is 1. The van der Waals surface area contributed by atoms with Crippen LogP contribution in [0.25, 0.3) is 10.9 Å². The molecular formula is C32H41N7O5S. The van der Waals surface area contributed by atoms with E-state index in [1.807, 2.05) is 49.4 Å². The second kappa shape index (κ2) is 16.4. The lowest BCUT2D eigenvalue weighted by Crippen LogP contribution is -2.59. The van der Waals surface area contributed by atoms with Crippen molar-refractivity contribution < 1.29 is 24.0 Å². The Kier molecular flexibility index (Phi) is 12.7. The zero-order valence-electron chi connectivity index (χ0n) is 25.7. The van der Waals surface area contributed by atoms with Gasteiger partial charge in [0.1, 0.15) is 22.9 Å². The van der Waals surface area contributed by atoms with Crippen LogP contribution in [0, 0.1) is 0 Å². The van der Waals surface area contributed by atoms with Crippen LogP contribution >= 0.6 is 11.8 Å². The van der Waals surface area contributed by atoms with Crippen LogP contribution in [-0.2, 0) is 36.8 Å². The summed E-state index contributed by atoms with van der Waals surface area (Å²) < 4.78 is -1.43. The number of hydrogen-bond acceptors (Lipinski definition) is 7. The van der Waals surface area contributed by atoms with Crippen LogP contribution in [0.4, 0.5) is 0 Å². The molecule has 0 radical (unpaired) electrons. The van der Waals surface area contributed by atoms with Gasteiger partial charge >= 0.3 is 0 Å². The van der Waals surface area contributed by atoms with Crippen molar-refractivity contribution in [3.63, 3.8) is 0 Å². The van der Waals surface area contributed by atoms with Gasteiger partial charge < -0.3 is 32.4 Å². The fourth-order valence-electron chi connectivity index (χ4n) is 5.04. The Labute approximate surface area is 266 Å². The summed E-state index contributed by atoms with van der Waals surface area (Å²) in [5.41, 5.74) is 13.6. The Balaban J connectivity index is 1.81. The number of aliphatic imine (C=N–C) groups is 1. The van der Waals surface area contributed by atoms with Crippen molar-refractivity contribution in [2.24, 2.45) is 16.5 Å². The number of H-pyrrole nitrogens is 1. The van der Waals surface area contributed by atoms with Gasteiger partial charge in [0.2, 0.25) is 29.5 Å². The van der Waals surface area contributed by atoms with E-state index < -0.39 is 52.4 Å². The highest BCUT2D eigenvalue weighted by Gasteiger charge is 2.41. The highest BCUT2D eigenvalue weighted by Crippen LogP contribution is 2.28. The Bertz CT molecular complexity index is 1530. The number of hydrogen-bond donors (Lipinski definition) is 6. The van der Waals surface area contributed by atoms with Crippen molar-refractivity contribution in [2.45, 2.75) is 62.4 Å². The minimum absolute atomic E-state index is 0.105. The third-order valence-corrected chi connectivity index (χ3v) is 8.50. The number of nitrogens with two attached hydrogens (primary N) is 2. The molecule has 45 heavy (non-hydrogen) atoms. The van der Waals surface area contributed by atoms with Crippen LogP contribution in [0.5, 0.6) is 0 Å². The third kappa shape index (κ3) is 9.42. The van der Waals surface area contributed by atoms with E-state index in [1.54, 1.807) is 25.3 Å². The van der Waals surface area contributed by atoms with Crippen LogP contribution in [0.3, 0.4) is 0 Å². The van der Waals surface area contributed by atoms with Crippen molar-refractivity contribution >= 4 is 58.4 Å². The summed E-state index contributed by atoms with van der Waals surface area (Å²) in [6, 6.07) is 13.4. The van der Waals surface area contributed by atoms with Gasteiger partial charge in [-0.15, -0.1) is 11.8 Å². The SMILES string of the molecule is CCSC(/C=N\C)(CC(N)=O)C(=O)N[C@H](Cc1ccccc1)C(=O)N[C@@H](CC)C(=O)N[C@@H](Cc1c[nH]c2ccccc12)C(N)=O. The molecule has 240 valence electrons. The zero-order valence-corrected chi connectivity index (χ0v) is 26.5. The summed E-state index contributed by atoms with van der Waals surface area (Å²) >= 11 is 1.18. The van der Waals surface area contributed by atoms with Gasteiger partial charge in [-0.25, -0.2) is 0 Å². The lowest BCUT2D eigenvalue weighted by atomic mass is 10.0. The maximum atomic E-state index is 13.7. The summed E-state index contributed by atoms with van der Waals surface area (Å²) in [4.78, 5) is 72.2. The third-order valence-electron chi connectivity index (χ3n) is 7.27. The van der Waals surface area contributed by atoms with Crippen LogP contribution in [0.15, 0.2) is 65.8 Å². The van der Waals surface area contributed by atoms with E-state index in [0.29, 0.717) is 5.75 Å². The monoisotopic (exact) mass is 635 g/mol. The number of carbonyl (C=O) groups is 5. The Morgan fingerprint density at radius 2 is 1.53 bits per heavy atom. The van der Waals surface area contributed by atoms with Crippen LogP contribution < -0.4 is 27.4 Å². The maximum absolute atomic E-state index is 13.7. The van der Waals surface area contributed by atoms with Gasteiger partial charge in [0, 0.05) is 43.2 Å². The van der Waals surface area contributed by atoms with E-state index in [-0.39, 0.29) is 25.7 Å². The highest BCUT2D eigenvalue weighted by atomic mass is 32.2. The van der Waals surface area contributed by atoms with Gasteiger partial charge in [-0.3, -0.25) is 29.0 Å². The molecule has 0 saturated carbocycles. The van der Waals surface area contributed by atoms with Gasteiger partial charge in [0.15, 0.2) is 0 Å². The maximum Gasteiger partial charge on any atom is 0.243 e. The molecule has 3 rings (SSSR count). The summed E-state index contributed by atoms with van der Waals surface area (Å²) in [7, 11) is 1.48. The van der Waals surface area contributed by atoms with Crippen molar-refractivity contribution in [2.75, 3.05) is 12.8 Å². The Hall–Kier alpha value is -4.65. The number of nitrogens with one attached hydrogen (secondary N) is 4. The number of primary amides is 2. The van der Waals surface area contributed by atoms with Gasteiger partial charge in [0.05, 0.1) is 6.42 Å². The smallest absolute Gasteiger partial charge is 0.243 e. The highest BCUT2D eigenvalue weighted by molar-refractivity contribution is 8.02. The summed E-state index contributed by atoms with van der Waals surface area (Å²) in [5, 5.41) is 9.09. The van der Waals surface area contributed by atoms with Gasteiger partial charge in [0.25, 0.3) is 0 Å². The molecular weight excluding hydrogens is 594 g/mol. The first-order chi connectivity index (χ1) is 21.5. The van der Waals surface area contributed by atoms with Gasteiger partial charge in [-0.2, -0.15) is 0 Å². The first-order valence-corrected chi connectivity index (χ1v) is 15.7. The summed E-state index contributed by atoms with van der Waals surface area (Å²) in [5.74, 6) is -2.78. The standard InChI is InChI=1S/C32H41N7O5S/c1-4-23(29(42)38-25(28(34)41)16-21-18-36-24-14-10-9-13-22(21)24)37-30(43)26(15-20-11-7-6-8-12-20)39-31(44)32(19-35-3,45-5-2)17-27(33)40/h6-14,18-19,23,25-26,36H,4-5,15-17H2,1-3H3,(H2,33,40)(H2,34,41)(H,37,43)(H,38,42)(H,39,44)/b35-19-/t23-,25-,26+,32?/m0/s1. The molecule has 13 heteroatoms. The number of benzene rings is 2. The summed E-state index contributed by atoms with van der Waals surface area (Å²) in [6.07, 6.45) is 3.26. The molecule has 4 atom stereocenters. The van der Waals surface area contributed by atoms with Crippen LogP contribution in [-0.4, -0.2) is 76.4 Å². The first-order valence-electron chi connectivity index (χ1n) is 14.7. The molecule has 1 heterocycles. The lowest BCUT2D eigenvalue weighted by molar-refractivity contribution is -0.133. The number of thioether (sulfide) groups is 1. The van der Waals surface area contributed by atoms with E-state index in [1.165, 1.54) is 25.0 Å². The fraction of sp³-hybridized carbons (Fsp3) is 0.375. The minimum atomic E-state index is -1.43. The lowest BCUT2D eigenvalue weighted by Gasteiger charge is -2.30. The number of rotatable bonds is 17. The average molecular weight is 636 g/mol. The molecule has 0 aliphatic carbocycles. The van der Waals surface area contributed by atoms with Crippen LogP contribution in [0.1, 0.15) is 37.8 Å². The fourth-order valence-corrected chi connectivity index (χ4v) is 6.17. The molecule has 0 spiro atoms. The molecule has 8 N–H and O–H groups in total. The van der Waals surface area contributed by atoms with E-state index in [2.05, 4.69) is 25.9 Å². The predicted octanol–water partition coefficient (Wildman–Crippen LogP) is 1.37. The molecule has 0 fully saturated rings. The normalized spacial score (nSPS) is 14.6. The van der Waals surface area contributed by atoms with Crippen molar-refractivity contribution in [1.29, 1.82) is 0 Å². The van der Waals surface area contributed by atoms with Crippen molar-refractivity contribution in [3.8, 4) is 0 Å². The first kappa shape index (κ1) is 34.8. The number of nitrogens with zero attached hydrogens (tertiary/aromatic N) is 1. The van der Waals surface area contributed by atoms with Crippen LogP contribution in [0.2, 0.25) is 0 Å². The van der Waals surface area contributed by atoms with E-state index in [9.17, 15) is 24.0 Å². The number of aromatic nitrogens is 1. The minimum Gasteiger partial charge on any atom is -0.370 e. The predicted molar refractivity (Wildman–Crippen MR) is 177 cm³/mol. The molecule has 3 aromatic rings. The second-order valence-electron chi connectivity index (χ2n) is 10.6. The zero-order chi connectivity index (χ0) is 33.0. The van der Waals surface area contributed by atoms with E-state index in [0.717, 1.165) is 22.0 Å². The molecule has 1 aromatic heterocycles. The van der Waals surface area contributed by atoms with Crippen molar-refractivity contribution in [3.05, 3.63) is 71.9 Å². The molecule has 0 aliphatic rings. The quantitative estimate of drug-likeness (QED) is 0.121. The average Bonchev–Trinajstić information content (AvgIpc) is 3.42. The number of carbonyl (C=O) groups excluding carboxylic acids is 5. The second-order valence-corrected chi connectivity index (χ2v) is 12.2. The molecule has 0 bridgehead atoms. The largest absolute Gasteiger partial charge is 0.370 e. The topological polar surface area (TPSA) is 202 Å². The number of aromatic amines is 1. The molecule has 12 nitrogen and oxygen atoms in total. The number of fused-ring (bicyclic) bond motifs is 1.